The molecular weight excluding hydrogens is 443 g/mol. The van der Waals surface area contributed by atoms with Gasteiger partial charge in [0, 0.05) is 24.2 Å². The van der Waals surface area contributed by atoms with Gasteiger partial charge in [0.05, 0.1) is 34.5 Å². The van der Waals surface area contributed by atoms with Crippen molar-refractivity contribution in [1.82, 2.24) is 14.3 Å². The van der Waals surface area contributed by atoms with E-state index in [1.54, 1.807) is 24.3 Å². The van der Waals surface area contributed by atoms with Crippen molar-refractivity contribution in [2.75, 3.05) is 30.3 Å². The summed E-state index contributed by atoms with van der Waals surface area (Å²) in [6.07, 6.45) is 2.70. The number of nitrogens with two attached hydrogens (primary N) is 1. The van der Waals surface area contributed by atoms with Crippen molar-refractivity contribution in [2.45, 2.75) is 4.90 Å². The molecule has 3 aromatic rings. The van der Waals surface area contributed by atoms with Crippen LogP contribution in [-0.2, 0) is 10.0 Å². The molecule has 1 aromatic heterocycles. The Hall–Kier alpha value is -2.57. The Balaban J connectivity index is 1.70. The van der Waals surface area contributed by atoms with Gasteiger partial charge in [-0.3, -0.25) is 14.1 Å². The normalized spacial score (nSPS) is 17.9. The highest BCUT2D eigenvalue weighted by Crippen LogP contribution is 2.42. The van der Waals surface area contributed by atoms with Gasteiger partial charge in [-0.1, -0.05) is 24.3 Å². The standard InChI is InChI=1S/C20H21FN4O4S2/c21-17-11-14(5-6-16(17)18-12-24-20(22)13-23-18)15-3-1-2-4-19(15)31(28,29)25-7-9-30(26,27)10-8-25/h1-6,11-13,26-27H,7-10H2,(H2,22,24). The second kappa shape index (κ2) is 8.17. The first-order valence-corrected chi connectivity index (χ1v) is 12.7. The van der Waals surface area contributed by atoms with Crippen LogP contribution >= 0.6 is 10.6 Å². The quantitative estimate of drug-likeness (QED) is 0.540. The molecular formula is C20H21FN4O4S2. The van der Waals surface area contributed by atoms with Gasteiger partial charge in [-0.25, -0.2) is 17.8 Å². The highest BCUT2D eigenvalue weighted by atomic mass is 32.3. The zero-order valence-corrected chi connectivity index (χ0v) is 18.0. The minimum atomic E-state index is -3.91. The Morgan fingerprint density at radius 2 is 1.71 bits per heavy atom. The average Bonchev–Trinajstić information content (AvgIpc) is 2.74. The third kappa shape index (κ3) is 4.41. The van der Waals surface area contributed by atoms with Crippen molar-refractivity contribution in [2.24, 2.45) is 0 Å². The molecule has 0 saturated carbocycles. The van der Waals surface area contributed by atoms with Crippen LogP contribution in [0.1, 0.15) is 0 Å². The molecule has 0 atom stereocenters. The molecule has 0 spiro atoms. The fraction of sp³-hybridized carbons (Fsp3) is 0.200. The number of nitrogens with zero attached hydrogens (tertiary/aromatic N) is 3. The van der Waals surface area contributed by atoms with E-state index in [0.29, 0.717) is 16.8 Å². The van der Waals surface area contributed by atoms with E-state index in [1.807, 2.05) is 0 Å². The van der Waals surface area contributed by atoms with Gasteiger partial charge in [0.1, 0.15) is 11.6 Å². The first-order chi connectivity index (χ1) is 14.7. The van der Waals surface area contributed by atoms with Crippen molar-refractivity contribution >= 4 is 26.4 Å². The van der Waals surface area contributed by atoms with Crippen LogP contribution in [0.3, 0.4) is 0 Å². The number of halogens is 1. The van der Waals surface area contributed by atoms with Crippen molar-refractivity contribution < 1.29 is 21.9 Å². The molecule has 2 heterocycles. The van der Waals surface area contributed by atoms with E-state index in [2.05, 4.69) is 9.97 Å². The maximum Gasteiger partial charge on any atom is 0.243 e. The Labute approximate surface area is 181 Å². The summed E-state index contributed by atoms with van der Waals surface area (Å²) in [5.74, 6) is -0.352. The molecule has 164 valence electrons. The molecule has 1 fully saturated rings. The van der Waals surface area contributed by atoms with Crippen molar-refractivity contribution in [1.29, 1.82) is 0 Å². The van der Waals surface area contributed by atoms with Gasteiger partial charge in [0.15, 0.2) is 0 Å². The topological polar surface area (TPSA) is 130 Å². The second-order valence-electron chi connectivity index (χ2n) is 7.13. The van der Waals surface area contributed by atoms with Crippen LogP contribution in [0.2, 0.25) is 0 Å². The molecule has 8 nitrogen and oxygen atoms in total. The van der Waals surface area contributed by atoms with E-state index in [-0.39, 0.29) is 40.9 Å². The van der Waals surface area contributed by atoms with E-state index in [9.17, 15) is 21.9 Å². The van der Waals surface area contributed by atoms with Crippen LogP contribution in [-0.4, -0.2) is 56.4 Å². The fourth-order valence-corrected chi connectivity index (χ4v) is 6.50. The van der Waals surface area contributed by atoms with Crippen molar-refractivity contribution in [3.8, 4) is 22.4 Å². The maximum atomic E-state index is 14.9. The summed E-state index contributed by atoms with van der Waals surface area (Å²) in [5.41, 5.74) is 6.80. The zero-order chi connectivity index (χ0) is 22.2. The molecule has 11 heteroatoms. The number of anilines is 1. The van der Waals surface area contributed by atoms with Crippen LogP contribution in [0.15, 0.2) is 59.8 Å². The van der Waals surface area contributed by atoms with Gasteiger partial charge < -0.3 is 5.73 Å². The summed E-state index contributed by atoms with van der Waals surface area (Å²) < 4.78 is 62.2. The number of hydrogen-bond acceptors (Lipinski definition) is 7. The van der Waals surface area contributed by atoms with Crippen LogP contribution < -0.4 is 5.73 Å². The molecule has 0 unspecified atom stereocenters. The molecule has 1 saturated heterocycles. The Kier molecular flexibility index (Phi) is 5.71. The molecule has 4 rings (SSSR count). The summed E-state index contributed by atoms with van der Waals surface area (Å²) in [6, 6.07) is 10.8. The predicted octanol–water partition coefficient (Wildman–Crippen LogP) is 3.29. The van der Waals surface area contributed by atoms with Crippen LogP contribution in [0, 0.1) is 5.82 Å². The van der Waals surface area contributed by atoms with Crippen LogP contribution in [0.4, 0.5) is 10.2 Å². The molecule has 1 aliphatic heterocycles. The van der Waals surface area contributed by atoms with Gasteiger partial charge in [-0.2, -0.15) is 14.9 Å². The van der Waals surface area contributed by atoms with E-state index < -0.39 is 26.4 Å². The number of benzene rings is 2. The molecule has 0 aliphatic carbocycles. The lowest BCUT2D eigenvalue weighted by atomic mass is 10.0. The lowest BCUT2D eigenvalue weighted by molar-refractivity contribution is 0.402. The highest BCUT2D eigenvalue weighted by molar-refractivity contribution is 8.24. The molecule has 0 bridgehead atoms. The van der Waals surface area contributed by atoms with E-state index in [4.69, 9.17) is 5.73 Å². The Morgan fingerprint density at radius 3 is 2.35 bits per heavy atom. The summed E-state index contributed by atoms with van der Waals surface area (Å²) >= 11 is 0. The highest BCUT2D eigenvalue weighted by Gasteiger charge is 2.32. The monoisotopic (exact) mass is 464 g/mol. The number of hydrogen-bond donors (Lipinski definition) is 3. The number of sulfonamides is 1. The van der Waals surface area contributed by atoms with E-state index >= 15 is 0 Å². The van der Waals surface area contributed by atoms with E-state index in [0.717, 1.165) is 0 Å². The fourth-order valence-electron chi connectivity index (χ4n) is 3.39. The number of aromatic nitrogens is 2. The molecule has 2 aromatic carbocycles. The Morgan fingerprint density at radius 1 is 1.00 bits per heavy atom. The minimum absolute atomic E-state index is 0.000345. The van der Waals surface area contributed by atoms with Crippen LogP contribution in [0.25, 0.3) is 22.4 Å². The molecule has 31 heavy (non-hydrogen) atoms. The van der Waals surface area contributed by atoms with Gasteiger partial charge >= 0.3 is 0 Å². The SMILES string of the molecule is Nc1cnc(-c2ccc(-c3ccccc3S(=O)(=O)N3CCS(O)(O)CC3)cc2F)cn1. The first kappa shape index (κ1) is 21.7. The number of rotatable bonds is 4. The zero-order valence-electron chi connectivity index (χ0n) is 16.3. The summed E-state index contributed by atoms with van der Waals surface area (Å²) in [4.78, 5) is 8.02. The van der Waals surface area contributed by atoms with Crippen LogP contribution in [0.5, 0.6) is 0 Å². The lowest BCUT2D eigenvalue weighted by Crippen LogP contribution is -2.42. The third-order valence-corrected chi connectivity index (χ3v) is 8.70. The molecule has 0 radical (unpaired) electrons. The second-order valence-corrected chi connectivity index (χ2v) is 11.5. The van der Waals surface area contributed by atoms with Gasteiger partial charge in [0.2, 0.25) is 10.0 Å². The molecule has 0 amide bonds. The minimum Gasteiger partial charge on any atom is -0.382 e. The average molecular weight is 465 g/mol. The third-order valence-electron chi connectivity index (χ3n) is 5.07. The summed E-state index contributed by atoms with van der Waals surface area (Å²) in [5, 5.41) is 0. The molecule has 4 N–H and O–H groups in total. The maximum absolute atomic E-state index is 14.9. The summed E-state index contributed by atoms with van der Waals surface area (Å²) in [7, 11) is -6.64. The van der Waals surface area contributed by atoms with Crippen molar-refractivity contribution in [3.63, 3.8) is 0 Å². The van der Waals surface area contributed by atoms with E-state index in [1.165, 1.54) is 34.9 Å². The van der Waals surface area contributed by atoms with Gasteiger partial charge in [-0.15, -0.1) is 0 Å². The van der Waals surface area contributed by atoms with Gasteiger partial charge in [0.25, 0.3) is 0 Å². The number of nitrogen functional groups attached to an aromatic ring is 1. The molecule has 1 aliphatic rings. The largest absolute Gasteiger partial charge is 0.382 e. The Bertz CT molecular complexity index is 1210. The van der Waals surface area contributed by atoms with Crippen molar-refractivity contribution in [3.05, 3.63) is 60.7 Å². The predicted molar refractivity (Wildman–Crippen MR) is 119 cm³/mol. The first-order valence-electron chi connectivity index (χ1n) is 9.38. The lowest BCUT2D eigenvalue weighted by Gasteiger charge is -2.40. The summed E-state index contributed by atoms with van der Waals surface area (Å²) in [6.45, 7) is 0.0320. The van der Waals surface area contributed by atoms with Gasteiger partial charge in [-0.05, 0) is 23.8 Å². The smallest absolute Gasteiger partial charge is 0.243 e.